The van der Waals surface area contributed by atoms with Crippen molar-refractivity contribution in [2.24, 2.45) is 0 Å². The van der Waals surface area contributed by atoms with Gasteiger partial charge in [0.05, 0.1) is 18.4 Å². The molecule has 1 N–H and O–H groups in total. The fourth-order valence-corrected chi connectivity index (χ4v) is 1.72. The van der Waals surface area contributed by atoms with E-state index in [1.54, 1.807) is 6.26 Å². The largest absolute Gasteiger partial charge is 0.467 e. The highest BCUT2D eigenvalue weighted by atomic mass is 16.3. The van der Waals surface area contributed by atoms with Crippen molar-refractivity contribution in [1.29, 1.82) is 0 Å². The van der Waals surface area contributed by atoms with Crippen LogP contribution in [-0.4, -0.2) is 16.1 Å². The number of hydrogen-bond donors (Lipinski definition) is 1. The van der Waals surface area contributed by atoms with Crippen LogP contribution in [0.3, 0.4) is 0 Å². The van der Waals surface area contributed by atoms with Gasteiger partial charge in [0.25, 0.3) is 0 Å². The summed E-state index contributed by atoms with van der Waals surface area (Å²) in [5, 5.41) is 3.26. The van der Waals surface area contributed by atoms with E-state index in [1.807, 2.05) is 18.5 Å². The summed E-state index contributed by atoms with van der Waals surface area (Å²) >= 11 is 0. The third-order valence-corrected chi connectivity index (χ3v) is 2.58. The lowest BCUT2D eigenvalue weighted by Gasteiger charge is -2.05. The summed E-state index contributed by atoms with van der Waals surface area (Å²) in [7, 11) is 0. The van der Waals surface area contributed by atoms with Crippen molar-refractivity contribution < 1.29 is 4.42 Å². The van der Waals surface area contributed by atoms with Crippen LogP contribution in [0.2, 0.25) is 0 Å². The Morgan fingerprint density at radius 1 is 1.44 bits per heavy atom. The van der Waals surface area contributed by atoms with Crippen LogP contribution in [0.15, 0.2) is 29.1 Å². The Hall–Kier alpha value is -1.55. The Balaban J connectivity index is 2.29. The van der Waals surface area contributed by atoms with E-state index in [2.05, 4.69) is 28.7 Å². The van der Waals surface area contributed by atoms with Crippen molar-refractivity contribution in [3.05, 3.63) is 30.5 Å². The molecule has 0 amide bonds. The second kappa shape index (κ2) is 4.99. The van der Waals surface area contributed by atoms with Crippen molar-refractivity contribution >= 4 is 0 Å². The van der Waals surface area contributed by atoms with Gasteiger partial charge in [0.2, 0.25) is 0 Å². The van der Waals surface area contributed by atoms with E-state index < -0.39 is 0 Å². The molecule has 2 aromatic rings. The molecule has 0 saturated heterocycles. The van der Waals surface area contributed by atoms with Gasteiger partial charge in [-0.05, 0) is 19.5 Å². The van der Waals surface area contributed by atoms with E-state index in [4.69, 9.17) is 4.42 Å². The maximum Gasteiger partial charge on any atom is 0.143 e. The van der Waals surface area contributed by atoms with Crippen LogP contribution in [0.5, 0.6) is 0 Å². The van der Waals surface area contributed by atoms with Gasteiger partial charge in [0.1, 0.15) is 11.6 Å². The first-order valence-electron chi connectivity index (χ1n) is 5.65. The zero-order valence-electron chi connectivity index (χ0n) is 9.73. The Kier molecular flexibility index (Phi) is 3.41. The van der Waals surface area contributed by atoms with E-state index in [0.717, 1.165) is 36.8 Å². The van der Waals surface area contributed by atoms with Crippen LogP contribution >= 0.6 is 0 Å². The van der Waals surface area contributed by atoms with Gasteiger partial charge in [0, 0.05) is 18.9 Å². The second-order valence-corrected chi connectivity index (χ2v) is 3.57. The fraction of sp³-hybridized carbons (Fsp3) is 0.417. The molecule has 0 aliphatic carbocycles. The molecule has 2 heterocycles. The maximum atomic E-state index is 5.47. The van der Waals surface area contributed by atoms with Crippen LogP contribution in [0.25, 0.3) is 11.4 Å². The molecule has 0 saturated carbocycles. The summed E-state index contributed by atoms with van der Waals surface area (Å²) in [5.41, 5.74) is 1.08. The van der Waals surface area contributed by atoms with Gasteiger partial charge in [-0.15, -0.1) is 0 Å². The van der Waals surface area contributed by atoms with Crippen molar-refractivity contribution in [3.63, 3.8) is 0 Å². The molecular weight excluding hydrogens is 202 g/mol. The molecule has 86 valence electrons. The molecule has 2 rings (SSSR count). The Morgan fingerprint density at radius 2 is 2.31 bits per heavy atom. The molecule has 0 aromatic carbocycles. The van der Waals surface area contributed by atoms with Crippen molar-refractivity contribution in [2.75, 3.05) is 6.54 Å². The van der Waals surface area contributed by atoms with Crippen molar-refractivity contribution in [1.82, 2.24) is 14.9 Å². The maximum absolute atomic E-state index is 5.47. The number of nitrogens with zero attached hydrogens (tertiary/aromatic N) is 2. The van der Waals surface area contributed by atoms with Crippen LogP contribution in [0.1, 0.15) is 19.6 Å². The third kappa shape index (κ3) is 2.02. The van der Waals surface area contributed by atoms with Gasteiger partial charge in [-0.3, -0.25) is 0 Å². The fourth-order valence-electron chi connectivity index (χ4n) is 1.72. The molecule has 0 bridgehead atoms. The van der Waals surface area contributed by atoms with E-state index in [9.17, 15) is 0 Å². The number of rotatable bonds is 5. The molecular formula is C12H17N3O. The highest BCUT2D eigenvalue weighted by molar-refractivity contribution is 5.57. The first-order chi connectivity index (χ1) is 7.86. The summed E-state index contributed by atoms with van der Waals surface area (Å²) < 4.78 is 7.59. The first-order valence-corrected chi connectivity index (χ1v) is 5.65. The predicted molar refractivity (Wildman–Crippen MR) is 63.0 cm³/mol. The standard InChI is InChI=1S/C12H17N3O/c1-3-13-9-11-10(5-8-16-11)12-14-6-7-15(12)4-2/h5-8,13H,3-4,9H2,1-2H3. The van der Waals surface area contributed by atoms with Gasteiger partial charge in [0.15, 0.2) is 0 Å². The molecule has 16 heavy (non-hydrogen) atoms. The van der Waals surface area contributed by atoms with Crippen LogP contribution < -0.4 is 5.32 Å². The number of imidazole rings is 1. The lowest BCUT2D eigenvalue weighted by atomic mass is 10.2. The van der Waals surface area contributed by atoms with Crippen LogP contribution in [0, 0.1) is 0 Å². The normalized spacial score (nSPS) is 10.9. The van der Waals surface area contributed by atoms with Crippen LogP contribution in [-0.2, 0) is 13.1 Å². The highest BCUT2D eigenvalue weighted by Crippen LogP contribution is 2.23. The Bertz CT molecular complexity index is 445. The summed E-state index contributed by atoms with van der Waals surface area (Å²) in [6, 6.07) is 1.97. The monoisotopic (exact) mass is 219 g/mol. The second-order valence-electron chi connectivity index (χ2n) is 3.57. The zero-order chi connectivity index (χ0) is 11.4. The van der Waals surface area contributed by atoms with Gasteiger partial charge >= 0.3 is 0 Å². The first kappa shape index (κ1) is 11.0. The molecule has 0 spiro atoms. The minimum Gasteiger partial charge on any atom is -0.467 e. The number of furan rings is 1. The van der Waals surface area contributed by atoms with E-state index >= 15 is 0 Å². The summed E-state index contributed by atoms with van der Waals surface area (Å²) in [6.07, 6.45) is 5.53. The molecule has 0 radical (unpaired) electrons. The Morgan fingerprint density at radius 3 is 3.06 bits per heavy atom. The lowest BCUT2D eigenvalue weighted by molar-refractivity contribution is 0.488. The van der Waals surface area contributed by atoms with E-state index in [-0.39, 0.29) is 0 Å². The summed E-state index contributed by atoms with van der Waals surface area (Å²) in [4.78, 5) is 4.37. The molecule has 4 heteroatoms. The van der Waals surface area contributed by atoms with Gasteiger partial charge in [-0.25, -0.2) is 4.98 Å². The number of nitrogens with one attached hydrogen (secondary N) is 1. The van der Waals surface area contributed by atoms with Gasteiger partial charge in [-0.2, -0.15) is 0 Å². The molecule has 0 atom stereocenters. The number of aryl methyl sites for hydroxylation is 1. The minimum absolute atomic E-state index is 0.745. The van der Waals surface area contributed by atoms with Crippen LogP contribution in [0.4, 0.5) is 0 Å². The molecule has 0 aliphatic heterocycles. The predicted octanol–water partition coefficient (Wildman–Crippen LogP) is 2.27. The van der Waals surface area contributed by atoms with Gasteiger partial charge in [-0.1, -0.05) is 6.92 Å². The molecule has 2 aromatic heterocycles. The number of hydrogen-bond acceptors (Lipinski definition) is 3. The van der Waals surface area contributed by atoms with E-state index in [0.29, 0.717) is 0 Å². The molecule has 4 nitrogen and oxygen atoms in total. The topological polar surface area (TPSA) is 43.0 Å². The molecule has 0 unspecified atom stereocenters. The van der Waals surface area contributed by atoms with Gasteiger partial charge < -0.3 is 14.3 Å². The minimum atomic E-state index is 0.745. The number of aromatic nitrogens is 2. The van der Waals surface area contributed by atoms with E-state index in [1.165, 1.54) is 0 Å². The summed E-state index contributed by atoms with van der Waals surface area (Å²) in [5.74, 6) is 1.92. The quantitative estimate of drug-likeness (QED) is 0.838. The summed E-state index contributed by atoms with van der Waals surface area (Å²) in [6.45, 7) is 6.78. The van der Waals surface area contributed by atoms with Crippen molar-refractivity contribution in [2.45, 2.75) is 26.9 Å². The average molecular weight is 219 g/mol. The molecule has 0 aliphatic rings. The zero-order valence-corrected chi connectivity index (χ0v) is 9.73. The highest BCUT2D eigenvalue weighted by Gasteiger charge is 2.12. The third-order valence-electron chi connectivity index (χ3n) is 2.58. The Labute approximate surface area is 95.3 Å². The molecule has 0 fully saturated rings. The average Bonchev–Trinajstić information content (AvgIpc) is 2.93. The smallest absolute Gasteiger partial charge is 0.143 e. The lowest BCUT2D eigenvalue weighted by Crippen LogP contribution is -2.12. The SMILES string of the molecule is CCNCc1occc1-c1nccn1CC. The van der Waals surface area contributed by atoms with Crippen molar-refractivity contribution in [3.8, 4) is 11.4 Å².